The number of thiazole rings is 1. The normalized spacial score (nSPS) is 19.5. The molecule has 0 saturated carbocycles. The lowest BCUT2D eigenvalue weighted by Gasteiger charge is -2.33. The summed E-state index contributed by atoms with van der Waals surface area (Å²) >= 11 is 1.44. The van der Waals surface area contributed by atoms with Crippen molar-refractivity contribution in [2.75, 3.05) is 13.1 Å². The molecule has 146 valence electrons. The highest BCUT2D eigenvalue weighted by atomic mass is 32.1. The number of nitrogens with one attached hydrogen (secondary N) is 1. The van der Waals surface area contributed by atoms with Crippen LogP contribution in [-0.2, 0) is 25.7 Å². The minimum Gasteiger partial charge on any atom is -0.480 e. The number of carbonyl (C=O) groups excluding carboxylic acids is 3. The summed E-state index contributed by atoms with van der Waals surface area (Å²) in [5, 5.41) is 11.6. The lowest BCUT2D eigenvalue weighted by atomic mass is 9.87. The highest BCUT2D eigenvalue weighted by molar-refractivity contribution is 7.15. The van der Waals surface area contributed by atoms with Gasteiger partial charge in [0, 0.05) is 29.1 Å². The Kier molecular flexibility index (Phi) is 5.84. The number of hydrogen-bond donors (Lipinski definition) is 2. The summed E-state index contributed by atoms with van der Waals surface area (Å²) in [6, 6.07) is 9.63. The lowest BCUT2D eigenvalue weighted by Crippen LogP contribution is -2.55. The van der Waals surface area contributed by atoms with E-state index in [0.29, 0.717) is 0 Å². The molecule has 3 rings (SSSR count). The minimum atomic E-state index is -1.51. The summed E-state index contributed by atoms with van der Waals surface area (Å²) in [6.45, 7) is 1.46. The number of hydrogen-bond acceptors (Lipinski definition) is 6. The third-order valence-electron chi connectivity index (χ3n) is 4.42. The maximum atomic E-state index is 12.7. The zero-order valence-corrected chi connectivity index (χ0v) is 15.9. The van der Waals surface area contributed by atoms with Crippen molar-refractivity contribution in [3.63, 3.8) is 0 Å². The van der Waals surface area contributed by atoms with E-state index in [1.54, 1.807) is 13.1 Å². The average Bonchev–Trinajstić information content (AvgIpc) is 3.14. The molecule has 0 aliphatic carbocycles. The zero-order chi connectivity index (χ0) is 20.3. The molecule has 2 heterocycles. The van der Waals surface area contributed by atoms with Crippen molar-refractivity contribution in [2.24, 2.45) is 11.8 Å². The number of piperidine rings is 1. The van der Waals surface area contributed by atoms with Gasteiger partial charge in [-0.3, -0.25) is 19.2 Å². The number of carbonyl (C=O) groups is 4. The van der Waals surface area contributed by atoms with E-state index in [1.165, 1.54) is 16.2 Å². The van der Waals surface area contributed by atoms with Gasteiger partial charge in [0.1, 0.15) is 11.6 Å². The molecule has 1 aromatic carbocycles. The number of amides is 2. The molecule has 0 bridgehead atoms. The van der Waals surface area contributed by atoms with Crippen LogP contribution in [0.2, 0.25) is 0 Å². The summed E-state index contributed by atoms with van der Waals surface area (Å²) < 4.78 is 0. The Morgan fingerprint density at radius 2 is 2.00 bits per heavy atom. The van der Waals surface area contributed by atoms with E-state index in [2.05, 4.69) is 10.3 Å². The first-order valence-electron chi connectivity index (χ1n) is 8.69. The van der Waals surface area contributed by atoms with Gasteiger partial charge in [-0.25, -0.2) is 4.98 Å². The number of likely N-dealkylation sites (tertiary alicyclic amines) is 1. The Labute approximate surface area is 165 Å². The van der Waals surface area contributed by atoms with E-state index in [0.717, 1.165) is 15.4 Å². The molecule has 1 fully saturated rings. The number of aromatic nitrogens is 1. The van der Waals surface area contributed by atoms with E-state index >= 15 is 0 Å². The van der Waals surface area contributed by atoms with E-state index in [1.807, 2.05) is 30.3 Å². The second-order valence-corrected chi connectivity index (χ2v) is 7.68. The molecular formula is C19H19N3O5S. The van der Waals surface area contributed by atoms with Gasteiger partial charge in [0.05, 0.1) is 6.54 Å². The number of carboxylic acids is 1. The van der Waals surface area contributed by atoms with Crippen molar-refractivity contribution >= 4 is 34.9 Å². The minimum absolute atomic E-state index is 0.207. The number of ketones is 1. The van der Waals surface area contributed by atoms with Crippen LogP contribution in [0.5, 0.6) is 0 Å². The monoisotopic (exact) mass is 401 g/mol. The van der Waals surface area contributed by atoms with Crippen molar-refractivity contribution in [1.82, 2.24) is 15.2 Å². The summed E-state index contributed by atoms with van der Waals surface area (Å²) in [5.74, 6) is -5.24. The number of Topliss-reactive ketones (excluding diaryl/α,β-unsaturated/α-hetero) is 1. The predicted molar refractivity (Wildman–Crippen MR) is 101 cm³/mol. The van der Waals surface area contributed by atoms with Gasteiger partial charge in [-0.15, -0.1) is 11.3 Å². The quantitative estimate of drug-likeness (QED) is 0.702. The number of benzene rings is 1. The lowest BCUT2D eigenvalue weighted by molar-refractivity contribution is -0.155. The van der Waals surface area contributed by atoms with Crippen LogP contribution in [0.4, 0.5) is 0 Å². The van der Waals surface area contributed by atoms with Crippen LogP contribution in [0.15, 0.2) is 36.5 Å². The molecule has 2 amide bonds. The van der Waals surface area contributed by atoms with Crippen LogP contribution in [-0.4, -0.2) is 51.6 Å². The van der Waals surface area contributed by atoms with Crippen molar-refractivity contribution < 1.29 is 24.3 Å². The predicted octanol–water partition coefficient (Wildman–Crippen LogP) is 1.17. The molecule has 9 heteroatoms. The van der Waals surface area contributed by atoms with Gasteiger partial charge < -0.3 is 15.3 Å². The molecule has 8 nitrogen and oxygen atoms in total. The summed E-state index contributed by atoms with van der Waals surface area (Å²) in [5.41, 5.74) is 0.971. The van der Waals surface area contributed by atoms with Crippen LogP contribution < -0.4 is 5.32 Å². The molecule has 0 radical (unpaired) electrons. The molecule has 2 atom stereocenters. The fourth-order valence-electron chi connectivity index (χ4n) is 3.03. The molecule has 2 N–H and O–H groups in total. The average molecular weight is 401 g/mol. The summed E-state index contributed by atoms with van der Waals surface area (Å²) in [6.07, 6.45) is 1.68. The molecule has 2 aromatic rings. The fourth-order valence-corrected chi connectivity index (χ4v) is 3.96. The first-order chi connectivity index (χ1) is 13.4. The maximum absolute atomic E-state index is 12.7. The van der Waals surface area contributed by atoms with E-state index in [-0.39, 0.29) is 13.1 Å². The first kappa shape index (κ1) is 19.7. The van der Waals surface area contributed by atoms with Gasteiger partial charge in [0.25, 0.3) is 0 Å². The fraction of sp³-hybridized carbons (Fsp3) is 0.316. The summed E-state index contributed by atoms with van der Waals surface area (Å²) in [7, 11) is 0. The van der Waals surface area contributed by atoms with Gasteiger partial charge >= 0.3 is 5.97 Å². The van der Waals surface area contributed by atoms with E-state index in [9.17, 15) is 19.2 Å². The standard InChI is InChI=1S/C19H19N3O5S/c1-11-9-22(19(27)15(16(11)25)17(26)20-8-14(23)24)10-13-7-21-18(28-13)12-5-3-2-4-6-12/h2-7,11,15H,8-10H2,1H3,(H,20,26)(H,23,24). The van der Waals surface area contributed by atoms with Crippen LogP contribution in [0.25, 0.3) is 10.6 Å². The molecule has 0 spiro atoms. The molecule has 28 heavy (non-hydrogen) atoms. The topological polar surface area (TPSA) is 117 Å². The van der Waals surface area contributed by atoms with Crippen molar-refractivity contribution in [3.8, 4) is 10.6 Å². The van der Waals surface area contributed by atoms with Gasteiger partial charge in [-0.2, -0.15) is 0 Å². The van der Waals surface area contributed by atoms with Gasteiger partial charge in [-0.05, 0) is 0 Å². The van der Waals surface area contributed by atoms with Crippen molar-refractivity contribution in [1.29, 1.82) is 0 Å². The molecule has 1 aromatic heterocycles. The van der Waals surface area contributed by atoms with Gasteiger partial charge in [0.2, 0.25) is 11.8 Å². The van der Waals surface area contributed by atoms with Crippen LogP contribution in [0.3, 0.4) is 0 Å². The van der Waals surface area contributed by atoms with Crippen molar-refractivity contribution in [3.05, 3.63) is 41.4 Å². The number of aliphatic carboxylic acids is 1. The highest BCUT2D eigenvalue weighted by Gasteiger charge is 2.44. The van der Waals surface area contributed by atoms with Gasteiger partial charge in [-0.1, -0.05) is 37.3 Å². The Morgan fingerprint density at radius 3 is 2.68 bits per heavy atom. The largest absolute Gasteiger partial charge is 0.480 e. The maximum Gasteiger partial charge on any atom is 0.322 e. The zero-order valence-electron chi connectivity index (χ0n) is 15.1. The molecule has 1 saturated heterocycles. The molecular weight excluding hydrogens is 382 g/mol. The molecule has 1 aliphatic heterocycles. The Bertz CT molecular complexity index is 911. The van der Waals surface area contributed by atoms with Gasteiger partial charge in [0.15, 0.2) is 11.7 Å². The smallest absolute Gasteiger partial charge is 0.322 e. The SMILES string of the molecule is CC1CN(Cc2cnc(-c3ccccc3)s2)C(=O)C(C(=O)NCC(=O)O)C1=O. The molecule has 1 aliphatic rings. The third kappa shape index (κ3) is 4.25. The highest BCUT2D eigenvalue weighted by Crippen LogP contribution is 2.28. The second kappa shape index (κ2) is 8.30. The van der Waals surface area contributed by atoms with Crippen LogP contribution in [0, 0.1) is 11.8 Å². The van der Waals surface area contributed by atoms with Crippen LogP contribution in [0.1, 0.15) is 11.8 Å². The number of rotatable bonds is 6. The van der Waals surface area contributed by atoms with Crippen LogP contribution >= 0.6 is 11.3 Å². The number of carboxylic acid groups (broad SMARTS) is 1. The van der Waals surface area contributed by atoms with E-state index in [4.69, 9.17) is 5.11 Å². The second-order valence-electron chi connectivity index (χ2n) is 6.56. The summed E-state index contributed by atoms with van der Waals surface area (Å²) in [4.78, 5) is 54.6. The Hall–Kier alpha value is -3.07. The Balaban J connectivity index is 1.74. The van der Waals surface area contributed by atoms with E-state index < -0.39 is 41.9 Å². The number of nitrogens with zero attached hydrogens (tertiary/aromatic N) is 2. The first-order valence-corrected chi connectivity index (χ1v) is 9.50. The Morgan fingerprint density at radius 1 is 1.29 bits per heavy atom. The van der Waals surface area contributed by atoms with Crippen molar-refractivity contribution in [2.45, 2.75) is 13.5 Å². The third-order valence-corrected chi connectivity index (χ3v) is 5.45. The molecule has 2 unspecified atom stereocenters.